The molecule has 1 N–H and O–H groups in total. The highest BCUT2D eigenvalue weighted by molar-refractivity contribution is 5.98. The van der Waals surface area contributed by atoms with Gasteiger partial charge in [0.05, 0.1) is 0 Å². The second-order valence-corrected chi connectivity index (χ2v) is 5.71. The van der Waals surface area contributed by atoms with Crippen molar-refractivity contribution >= 4 is 22.6 Å². The average Bonchev–Trinajstić information content (AvgIpc) is 2.96. The van der Waals surface area contributed by atoms with E-state index in [9.17, 15) is 9.90 Å². The summed E-state index contributed by atoms with van der Waals surface area (Å²) < 4.78 is 0. The molecule has 0 bridgehead atoms. The molecule has 2 heterocycles. The Hall–Kier alpha value is -2.14. The number of hydrogen-bond donors (Lipinski definition) is 1. The Labute approximate surface area is 123 Å². The van der Waals surface area contributed by atoms with Crippen molar-refractivity contribution in [2.24, 2.45) is 0 Å². The van der Waals surface area contributed by atoms with Gasteiger partial charge < -0.3 is 14.9 Å². The van der Waals surface area contributed by atoms with Crippen molar-refractivity contribution < 1.29 is 9.90 Å². The zero-order valence-electron chi connectivity index (χ0n) is 12.3. The molecular weight excluding hydrogens is 266 g/mol. The second-order valence-electron chi connectivity index (χ2n) is 5.71. The van der Waals surface area contributed by atoms with Crippen molar-refractivity contribution in [2.45, 2.75) is 12.5 Å². The van der Waals surface area contributed by atoms with E-state index >= 15 is 0 Å². The summed E-state index contributed by atoms with van der Waals surface area (Å²) in [6.07, 6.45) is 1.07. The molecule has 110 valence electrons. The average molecular weight is 285 g/mol. The molecule has 5 nitrogen and oxygen atoms in total. The molecule has 5 heteroatoms. The zero-order chi connectivity index (χ0) is 15.0. The monoisotopic (exact) mass is 285 g/mol. The van der Waals surface area contributed by atoms with E-state index in [1.165, 1.54) is 0 Å². The van der Waals surface area contributed by atoms with Crippen LogP contribution in [0, 0.1) is 0 Å². The van der Waals surface area contributed by atoms with Crippen molar-refractivity contribution in [3.05, 3.63) is 36.0 Å². The summed E-state index contributed by atoms with van der Waals surface area (Å²) in [5.74, 6) is -0.194. The van der Waals surface area contributed by atoms with E-state index in [0.717, 1.165) is 36.1 Å². The SMILES string of the molecule is CN(C)C1CCN(c2nc(C(=O)O)cc3ccccc23)C1. The molecule has 3 rings (SSSR count). The van der Waals surface area contributed by atoms with Gasteiger partial charge in [0.25, 0.3) is 0 Å². The number of pyridine rings is 1. The molecule has 1 atom stereocenters. The Bertz CT molecular complexity index is 684. The Morgan fingerprint density at radius 1 is 1.38 bits per heavy atom. The van der Waals surface area contributed by atoms with Crippen molar-refractivity contribution in [3.63, 3.8) is 0 Å². The van der Waals surface area contributed by atoms with Crippen LogP contribution in [0.25, 0.3) is 10.8 Å². The topological polar surface area (TPSA) is 56.7 Å². The van der Waals surface area contributed by atoms with E-state index in [4.69, 9.17) is 0 Å². The van der Waals surface area contributed by atoms with Crippen LogP contribution in [-0.4, -0.2) is 54.2 Å². The van der Waals surface area contributed by atoms with E-state index in [2.05, 4.69) is 28.9 Å². The van der Waals surface area contributed by atoms with Crippen molar-refractivity contribution in [1.29, 1.82) is 0 Å². The fourth-order valence-corrected chi connectivity index (χ4v) is 2.89. The van der Waals surface area contributed by atoms with Crippen LogP contribution in [0.5, 0.6) is 0 Å². The number of aromatic nitrogens is 1. The van der Waals surface area contributed by atoms with Crippen LogP contribution in [0.1, 0.15) is 16.9 Å². The molecule has 1 aliphatic heterocycles. The first kappa shape index (κ1) is 13.8. The maximum atomic E-state index is 11.3. The number of carbonyl (C=O) groups is 1. The van der Waals surface area contributed by atoms with Gasteiger partial charge in [-0.1, -0.05) is 24.3 Å². The van der Waals surface area contributed by atoms with Crippen molar-refractivity contribution in [3.8, 4) is 0 Å². The summed E-state index contributed by atoms with van der Waals surface area (Å²) in [4.78, 5) is 20.1. The first-order valence-corrected chi connectivity index (χ1v) is 7.10. The lowest BCUT2D eigenvalue weighted by Gasteiger charge is -2.22. The molecule has 1 unspecified atom stereocenters. The number of nitrogens with zero attached hydrogens (tertiary/aromatic N) is 3. The van der Waals surface area contributed by atoms with Gasteiger partial charge in [-0.15, -0.1) is 0 Å². The molecule has 1 aromatic carbocycles. The summed E-state index contributed by atoms with van der Waals surface area (Å²) >= 11 is 0. The fraction of sp³-hybridized carbons (Fsp3) is 0.375. The number of carboxylic acid groups (broad SMARTS) is 1. The Balaban J connectivity index is 2.06. The summed E-state index contributed by atoms with van der Waals surface area (Å²) in [6.45, 7) is 1.79. The van der Waals surface area contributed by atoms with Gasteiger partial charge in [-0.2, -0.15) is 0 Å². The maximum absolute atomic E-state index is 11.3. The number of likely N-dealkylation sites (N-methyl/N-ethyl adjacent to an activating group) is 1. The van der Waals surface area contributed by atoms with E-state index in [1.54, 1.807) is 6.07 Å². The molecule has 1 saturated heterocycles. The van der Waals surface area contributed by atoms with Gasteiger partial charge in [0, 0.05) is 24.5 Å². The van der Waals surface area contributed by atoms with Gasteiger partial charge in [0.2, 0.25) is 0 Å². The lowest BCUT2D eigenvalue weighted by molar-refractivity contribution is 0.0691. The summed E-state index contributed by atoms with van der Waals surface area (Å²) in [6, 6.07) is 9.95. The van der Waals surface area contributed by atoms with E-state index in [1.807, 2.05) is 24.3 Å². The van der Waals surface area contributed by atoms with E-state index in [0.29, 0.717) is 6.04 Å². The predicted octanol–water partition coefficient (Wildman–Crippen LogP) is 2.07. The van der Waals surface area contributed by atoms with E-state index in [-0.39, 0.29) is 5.69 Å². The van der Waals surface area contributed by atoms with Crippen LogP contribution in [0.15, 0.2) is 30.3 Å². The number of benzene rings is 1. The third-order valence-corrected chi connectivity index (χ3v) is 4.13. The van der Waals surface area contributed by atoms with E-state index < -0.39 is 5.97 Å². The Morgan fingerprint density at radius 2 is 2.14 bits per heavy atom. The van der Waals surface area contributed by atoms with Crippen LogP contribution in [0.2, 0.25) is 0 Å². The smallest absolute Gasteiger partial charge is 0.354 e. The largest absolute Gasteiger partial charge is 0.477 e. The van der Waals surface area contributed by atoms with Crippen molar-refractivity contribution in [1.82, 2.24) is 9.88 Å². The van der Waals surface area contributed by atoms with Gasteiger partial charge in [0.1, 0.15) is 5.82 Å². The first-order chi connectivity index (χ1) is 10.1. The van der Waals surface area contributed by atoms with Crippen molar-refractivity contribution in [2.75, 3.05) is 32.1 Å². The maximum Gasteiger partial charge on any atom is 0.354 e. The van der Waals surface area contributed by atoms with Crippen LogP contribution < -0.4 is 4.90 Å². The molecule has 1 aromatic heterocycles. The standard InChI is InChI=1S/C16H19N3O2/c1-18(2)12-7-8-19(10-12)15-13-6-4-3-5-11(13)9-14(17-15)16(20)21/h3-6,9,12H,7-8,10H2,1-2H3,(H,20,21). The number of aromatic carboxylic acids is 1. The highest BCUT2D eigenvalue weighted by Gasteiger charge is 2.26. The molecule has 21 heavy (non-hydrogen) atoms. The molecule has 1 aliphatic rings. The normalized spacial score (nSPS) is 18.6. The highest BCUT2D eigenvalue weighted by Crippen LogP contribution is 2.29. The quantitative estimate of drug-likeness (QED) is 0.935. The number of anilines is 1. The second kappa shape index (κ2) is 5.33. The van der Waals surface area contributed by atoms with Gasteiger partial charge in [-0.25, -0.2) is 9.78 Å². The minimum atomic E-state index is -0.981. The minimum Gasteiger partial charge on any atom is -0.477 e. The zero-order valence-corrected chi connectivity index (χ0v) is 12.3. The molecule has 0 amide bonds. The number of rotatable bonds is 3. The van der Waals surface area contributed by atoms with Crippen LogP contribution in [0.3, 0.4) is 0 Å². The third kappa shape index (κ3) is 2.56. The minimum absolute atomic E-state index is 0.108. The number of fused-ring (bicyclic) bond motifs is 1. The molecule has 1 fully saturated rings. The molecular formula is C16H19N3O2. The predicted molar refractivity (Wildman–Crippen MR) is 83.0 cm³/mol. The lowest BCUT2D eigenvalue weighted by Crippen LogP contribution is -2.32. The Morgan fingerprint density at radius 3 is 2.81 bits per heavy atom. The molecule has 0 saturated carbocycles. The summed E-state index contributed by atoms with van der Waals surface area (Å²) in [7, 11) is 4.15. The summed E-state index contributed by atoms with van der Waals surface area (Å²) in [5, 5.41) is 11.2. The van der Waals surface area contributed by atoms with Gasteiger partial charge in [-0.05, 0) is 32.0 Å². The molecule has 2 aromatic rings. The fourth-order valence-electron chi connectivity index (χ4n) is 2.89. The van der Waals surface area contributed by atoms with Crippen LogP contribution >= 0.6 is 0 Å². The molecule has 0 spiro atoms. The van der Waals surface area contributed by atoms with Crippen LogP contribution in [0.4, 0.5) is 5.82 Å². The summed E-state index contributed by atoms with van der Waals surface area (Å²) in [5.41, 5.74) is 0.108. The lowest BCUT2D eigenvalue weighted by atomic mass is 10.1. The Kier molecular flexibility index (Phi) is 3.51. The molecule has 0 aliphatic carbocycles. The molecule has 0 radical (unpaired) electrons. The number of carboxylic acids is 1. The highest BCUT2D eigenvalue weighted by atomic mass is 16.4. The van der Waals surface area contributed by atoms with Gasteiger partial charge in [-0.3, -0.25) is 0 Å². The van der Waals surface area contributed by atoms with Crippen LogP contribution in [-0.2, 0) is 0 Å². The third-order valence-electron chi connectivity index (χ3n) is 4.13. The van der Waals surface area contributed by atoms with Gasteiger partial charge >= 0.3 is 5.97 Å². The number of hydrogen-bond acceptors (Lipinski definition) is 4. The van der Waals surface area contributed by atoms with Gasteiger partial charge in [0.15, 0.2) is 5.69 Å². The first-order valence-electron chi connectivity index (χ1n) is 7.10.